The predicted octanol–water partition coefficient (Wildman–Crippen LogP) is 3.22. The maximum atomic E-state index is 12.4. The molecule has 6 nitrogen and oxygen atoms in total. The summed E-state index contributed by atoms with van der Waals surface area (Å²) in [7, 11) is 0. The van der Waals surface area contributed by atoms with E-state index in [1.807, 2.05) is 0 Å². The number of amides is 1. The highest BCUT2D eigenvalue weighted by Crippen LogP contribution is 2.32. The van der Waals surface area contributed by atoms with E-state index in [2.05, 4.69) is 10.4 Å². The topological polar surface area (TPSA) is 84.2 Å². The molecule has 0 atom stereocenters. The number of aryl methyl sites for hydroxylation is 1. The number of aliphatic carboxylic acids is 1. The average molecular weight is 368 g/mol. The van der Waals surface area contributed by atoms with Gasteiger partial charge in [-0.3, -0.25) is 4.79 Å². The van der Waals surface area contributed by atoms with Crippen LogP contribution in [0.3, 0.4) is 0 Å². The molecule has 1 aromatic carbocycles. The smallest absolute Gasteiger partial charge is 0.329 e. The van der Waals surface area contributed by atoms with E-state index in [0.717, 1.165) is 6.42 Å². The van der Waals surface area contributed by atoms with E-state index in [0.29, 0.717) is 34.3 Å². The second kappa shape index (κ2) is 6.11. The highest BCUT2D eigenvalue weighted by Gasteiger charge is 2.46. The van der Waals surface area contributed by atoms with Crippen LogP contribution >= 0.6 is 23.2 Å². The van der Waals surface area contributed by atoms with E-state index in [1.165, 1.54) is 4.68 Å². The number of carboxylic acid groups (broad SMARTS) is 1. The summed E-state index contributed by atoms with van der Waals surface area (Å²) in [6.45, 7) is 1.78. The van der Waals surface area contributed by atoms with Gasteiger partial charge in [-0.1, -0.05) is 23.2 Å². The molecule has 0 radical (unpaired) electrons. The van der Waals surface area contributed by atoms with Crippen LogP contribution in [0.1, 0.15) is 35.4 Å². The van der Waals surface area contributed by atoms with E-state index >= 15 is 0 Å². The zero-order chi connectivity index (χ0) is 17.5. The Morgan fingerprint density at radius 2 is 2.00 bits per heavy atom. The molecule has 0 bridgehead atoms. The Morgan fingerprint density at radius 3 is 2.54 bits per heavy atom. The first-order valence-corrected chi connectivity index (χ1v) is 8.16. The van der Waals surface area contributed by atoms with Crippen LogP contribution in [0.2, 0.25) is 10.0 Å². The van der Waals surface area contributed by atoms with Crippen molar-refractivity contribution in [3.05, 3.63) is 45.7 Å². The highest BCUT2D eigenvalue weighted by molar-refractivity contribution is 6.35. The SMILES string of the molecule is Cc1cc(C(=O)NC2(C(=O)O)CCC2)nn1-c1ccc(Cl)cc1Cl. The summed E-state index contributed by atoms with van der Waals surface area (Å²) >= 11 is 12.1. The molecule has 1 aromatic heterocycles. The number of nitrogens with one attached hydrogen (secondary N) is 1. The first kappa shape index (κ1) is 16.8. The van der Waals surface area contributed by atoms with Crippen molar-refractivity contribution in [1.82, 2.24) is 15.1 Å². The average Bonchev–Trinajstić information content (AvgIpc) is 2.84. The van der Waals surface area contributed by atoms with Crippen LogP contribution in [0.25, 0.3) is 5.69 Å². The zero-order valence-electron chi connectivity index (χ0n) is 12.8. The van der Waals surface area contributed by atoms with Crippen molar-refractivity contribution in [2.45, 2.75) is 31.7 Å². The van der Waals surface area contributed by atoms with E-state index in [-0.39, 0.29) is 5.69 Å². The quantitative estimate of drug-likeness (QED) is 0.868. The fraction of sp³-hybridized carbons (Fsp3) is 0.312. The van der Waals surface area contributed by atoms with E-state index in [9.17, 15) is 14.7 Å². The number of nitrogens with zero attached hydrogens (tertiary/aromatic N) is 2. The van der Waals surface area contributed by atoms with Gasteiger partial charge < -0.3 is 10.4 Å². The molecule has 1 fully saturated rings. The molecule has 1 heterocycles. The summed E-state index contributed by atoms with van der Waals surface area (Å²) in [4.78, 5) is 23.8. The van der Waals surface area contributed by atoms with Gasteiger partial charge in [-0.05, 0) is 50.5 Å². The van der Waals surface area contributed by atoms with Crippen LogP contribution in [0.4, 0.5) is 0 Å². The first-order chi connectivity index (χ1) is 11.3. The minimum absolute atomic E-state index is 0.144. The van der Waals surface area contributed by atoms with E-state index in [4.69, 9.17) is 23.2 Å². The zero-order valence-corrected chi connectivity index (χ0v) is 14.4. The Labute approximate surface area is 148 Å². The summed E-state index contributed by atoms with van der Waals surface area (Å²) in [6.07, 6.45) is 1.63. The summed E-state index contributed by atoms with van der Waals surface area (Å²) < 4.78 is 1.53. The molecule has 3 rings (SSSR count). The molecule has 1 amide bonds. The number of rotatable bonds is 4. The number of halogens is 2. The van der Waals surface area contributed by atoms with Gasteiger partial charge in [-0.2, -0.15) is 5.10 Å². The van der Waals surface area contributed by atoms with Gasteiger partial charge in [0.2, 0.25) is 0 Å². The Hall–Kier alpha value is -2.05. The maximum absolute atomic E-state index is 12.4. The van der Waals surface area contributed by atoms with Crippen molar-refractivity contribution in [3.8, 4) is 5.69 Å². The Bertz CT molecular complexity index is 828. The van der Waals surface area contributed by atoms with Crippen LogP contribution in [0.5, 0.6) is 0 Å². The minimum atomic E-state index is -1.17. The molecule has 1 aliphatic rings. The van der Waals surface area contributed by atoms with Gasteiger partial charge in [0.25, 0.3) is 5.91 Å². The number of hydrogen-bond acceptors (Lipinski definition) is 3. The molecular weight excluding hydrogens is 353 g/mol. The monoisotopic (exact) mass is 367 g/mol. The van der Waals surface area contributed by atoms with Crippen molar-refractivity contribution >= 4 is 35.1 Å². The molecule has 2 aromatic rings. The second-order valence-corrected chi connectivity index (χ2v) is 6.72. The fourth-order valence-corrected chi connectivity index (χ4v) is 3.17. The molecule has 2 N–H and O–H groups in total. The third-order valence-corrected chi connectivity index (χ3v) is 4.77. The van der Waals surface area contributed by atoms with Gasteiger partial charge in [-0.15, -0.1) is 0 Å². The number of carbonyl (C=O) groups excluding carboxylic acids is 1. The number of aromatic nitrogens is 2. The standard InChI is InChI=1S/C16H15Cl2N3O3/c1-9-7-12(14(22)19-16(15(23)24)5-2-6-16)20-21(9)13-4-3-10(17)8-11(13)18/h3-4,7-8H,2,5-6H2,1H3,(H,19,22)(H,23,24). The minimum Gasteiger partial charge on any atom is -0.480 e. The summed E-state index contributed by atoms with van der Waals surface area (Å²) in [5.41, 5.74) is 0.259. The number of hydrogen-bond donors (Lipinski definition) is 2. The summed E-state index contributed by atoms with van der Waals surface area (Å²) in [5.74, 6) is -1.52. The van der Waals surface area contributed by atoms with Crippen LogP contribution in [-0.4, -0.2) is 32.3 Å². The normalized spacial score (nSPS) is 15.6. The highest BCUT2D eigenvalue weighted by atomic mass is 35.5. The largest absolute Gasteiger partial charge is 0.480 e. The summed E-state index contributed by atoms with van der Waals surface area (Å²) in [6, 6.07) is 6.57. The second-order valence-electron chi connectivity index (χ2n) is 5.87. The molecule has 1 aliphatic carbocycles. The predicted molar refractivity (Wildman–Crippen MR) is 90.0 cm³/mol. The van der Waals surface area contributed by atoms with Gasteiger partial charge in [0.05, 0.1) is 10.7 Å². The van der Waals surface area contributed by atoms with E-state index in [1.54, 1.807) is 31.2 Å². The van der Waals surface area contributed by atoms with Crippen molar-refractivity contribution in [3.63, 3.8) is 0 Å². The molecule has 0 spiro atoms. The number of carbonyl (C=O) groups is 2. The lowest BCUT2D eigenvalue weighted by atomic mass is 9.76. The Balaban J connectivity index is 1.88. The van der Waals surface area contributed by atoms with Gasteiger partial charge in [0.1, 0.15) is 5.54 Å². The van der Waals surface area contributed by atoms with Crippen LogP contribution in [0.15, 0.2) is 24.3 Å². The van der Waals surface area contributed by atoms with Crippen LogP contribution < -0.4 is 5.32 Å². The van der Waals surface area contributed by atoms with Crippen molar-refractivity contribution in [2.24, 2.45) is 0 Å². The van der Waals surface area contributed by atoms with Crippen LogP contribution in [-0.2, 0) is 4.79 Å². The van der Waals surface area contributed by atoms with Gasteiger partial charge >= 0.3 is 5.97 Å². The summed E-state index contributed by atoms with van der Waals surface area (Å²) in [5, 5.41) is 17.1. The van der Waals surface area contributed by atoms with Gasteiger partial charge in [0.15, 0.2) is 5.69 Å². The lowest BCUT2D eigenvalue weighted by Crippen LogP contribution is -2.59. The van der Waals surface area contributed by atoms with Gasteiger partial charge in [0, 0.05) is 10.7 Å². The maximum Gasteiger partial charge on any atom is 0.329 e. The van der Waals surface area contributed by atoms with Crippen LogP contribution in [0, 0.1) is 6.92 Å². The molecule has 0 unspecified atom stereocenters. The molecule has 126 valence electrons. The van der Waals surface area contributed by atoms with Crippen molar-refractivity contribution in [1.29, 1.82) is 0 Å². The molecule has 8 heteroatoms. The molecule has 24 heavy (non-hydrogen) atoms. The number of carboxylic acids is 1. The lowest BCUT2D eigenvalue weighted by molar-refractivity contribution is -0.148. The molecule has 0 aliphatic heterocycles. The lowest BCUT2D eigenvalue weighted by Gasteiger charge is -2.37. The van der Waals surface area contributed by atoms with E-state index < -0.39 is 17.4 Å². The first-order valence-electron chi connectivity index (χ1n) is 7.40. The Kier molecular flexibility index (Phi) is 4.27. The van der Waals surface area contributed by atoms with Crippen molar-refractivity contribution in [2.75, 3.05) is 0 Å². The Morgan fingerprint density at radius 1 is 1.29 bits per heavy atom. The number of benzene rings is 1. The molecule has 1 saturated carbocycles. The molecule has 0 saturated heterocycles. The fourth-order valence-electron chi connectivity index (χ4n) is 2.69. The molecular formula is C16H15Cl2N3O3. The third-order valence-electron chi connectivity index (χ3n) is 4.23. The third kappa shape index (κ3) is 2.87. The van der Waals surface area contributed by atoms with Crippen molar-refractivity contribution < 1.29 is 14.7 Å². The van der Waals surface area contributed by atoms with Gasteiger partial charge in [-0.25, -0.2) is 9.48 Å².